The summed E-state index contributed by atoms with van der Waals surface area (Å²) >= 11 is 0. The quantitative estimate of drug-likeness (QED) is 0.770. The molecule has 1 heterocycles. The van der Waals surface area contributed by atoms with E-state index in [1.807, 2.05) is 6.92 Å². The Bertz CT molecular complexity index is 489. The summed E-state index contributed by atoms with van der Waals surface area (Å²) in [7, 11) is 0. The Hall–Kier alpha value is -1.55. The molecule has 1 unspecified atom stereocenters. The Morgan fingerprint density at radius 1 is 1.43 bits per heavy atom. The second kappa shape index (κ2) is 6.94. The summed E-state index contributed by atoms with van der Waals surface area (Å²) in [4.78, 5) is 14.1. The first-order valence-corrected chi connectivity index (χ1v) is 7.94. The van der Waals surface area contributed by atoms with Crippen molar-refractivity contribution in [3.8, 4) is 0 Å². The molecule has 1 aliphatic rings. The van der Waals surface area contributed by atoms with Crippen molar-refractivity contribution in [2.75, 3.05) is 24.5 Å². The van der Waals surface area contributed by atoms with Crippen LogP contribution in [0.25, 0.3) is 0 Å². The highest BCUT2D eigenvalue weighted by atomic mass is 16.1. The number of para-hydroxylation sites is 1. The second-order valence-corrected chi connectivity index (χ2v) is 6.09. The van der Waals surface area contributed by atoms with E-state index < -0.39 is 5.54 Å². The van der Waals surface area contributed by atoms with Crippen molar-refractivity contribution in [3.05, 3.63) is 29.8 Å². The molecule has 0 fully saturated rings. The predicted octanol–water partition coefficient (Wildman–Crippen LogP) is 2.07. The minimum atomic E-state index is -0.588. The third-order valence-electron chi connectivity index (χ3n) is 4.40. The van der Waals surface area contributed by atoms with Gasteiger partial charge in [-0.15, -0.1) is 0 Å². The monoisotopic (exact) mass is 289 g/mol. The molecule has 0 saturated carbocycles. The maximum Gasteiger partial charge on any atom is 0.237 e. The predicted molar refractivity (Wildman–Crippen MR) is 87.5 cm³/mol. The van der Waals surface area contributed by atoms with E-state index in [0.29, 0.717) is 0 Å². The van der Waals surface area contributed by atoms with Gasteiger partial charge >= 0.3 is 0 Å². The molecule has 1 atom stereocenters. The number of nitrogens with zero attached hydrogens (tertiary/aromatic N) is 1. The highest BCUT2D eigenvalue weighted by Crippen LogP contribution is 2.27. The molecule has 0 bridgehead atoms. The van der Waals surface area contributed by atoms with Gasteiger partial charge in [-0.3, -0.25) is 4.79 Å². The number of nitrogens with one attached hydrogen (secondary N) is 1. The summed E-state index contributed by atoms with van der Waals surface area (Å²) in [5.74, 6) is -0.252. The molecule has 1 aliphatic heterocycles. The zero-order valence-corrected chi connectivity index (χ0v) is 13.2. The maximum atomic E-state index is 11.7. The lowest BCUT2D eigenvalue weighted by molar-refractivity contribution is -0.124. The molecule has 0 aliphatic carbocycles. The summed E-state index contributed by atoms with van der Waals surface area (Å²) in [6, 6.07) is 8.57. The van der Waals surface area contributed by atoms with Gasteiger partial charge in [0.15, 0.2) is 0 Å². The number of rotatable bonds is 8. The zero-order valence-electron chi connectivity index (χ0n) is 13.2. The van der Waals surface area contributed by atoms with Gasteiger partial charge in [0.05, 0.1) is 5.54 Å². The highest BCUT2D eigenvalue weighted by molar-refractivity contribution is 5.84. The van der Waals surface area contributed by atoms with Crippen molar-refractivity contribution in [2.45, 2.75) is 45.1 Å². The number of benzene rings is 1. The van der Waals surface area contributed by atoms with Gasteiger partial charge in [-0.05, 0) is 50.8 Å². The van der Waals surface area contributed by atoms with Crippen LogP contribution in [0.2, 0.25) is 0 Å². The molecule has 1 amide bonds. The van der Waals surface area contributed by atoms with Crippen LogP contribution in [-0.2, 0) is 11.2 Å². The van der Waals surface area contributed by atoms with Crippen LogP contribution >= 0.6 is 0 Å². The van der Waals surface area contributed by atoms with E-state index in [1.165, 1.54) is 11.3 Å². The molecule has 4 nitrogen and oxygen atoms in total. The van der Waals surface area contributed by atoms with E-state index in [-0.39, 0.29) is 5.91 Å². The lowest BCUT2D eigenvalue weighted by Crippen LogP contribution is -2.53. The van der Waals surface area contributed by atoms with Crippen molar-refractivity contribution >= 4 is 11.6 Å². The van der Waals surface area contributed by atoms with Crippen LogP contribution in [0.4, 0.5) is 5.69 Å². The van der Waals surface area contributed by atoms with Gasteiger partial charge in [0, 0.05) is 18.8 Å². The molecule has 116 valence electrons. The lowest BCUT2D eigenvalue weighted by Gasteiger charge is -2.29. The smallest absolute Gasteiger partial charge is 0.237 e. The zero-order chi connectivity index (χ0) is 15.3. The van der Waals surface area contributed by atoms with Gasteiger partial charge in [0.25, 0.3) is 0 Å². The fraction of sp³-hybridized carbons (Fsp3) is 0.588. The number of hydrogen-bond donors (Lipinski definition) is 2. The highest BCUT2D eigenvalue weighted by Gasteiger charge is 2.30. The summed E-state index contributed by atoms with van der Waals surface area (Å²) in [5.41, 5.74) is 7.76. The number of fused-ring (bicyclic) bond motifs is 1. The molecule has 3 N–H and O–H groups in total. The minimum Gasteiger partial charge on any atom is -0.371 e. The first kappa shape index (κ1) is 15.8. The number of amides is 1. The number of carbonyl (C=O) groups is 1. The standard InChI is InChI=1S/C17H27N3O/c1-3-11-19-17(2,16(18)21)10-6-12-20-13-9-14-7-4-5-8-15(14)20/h4-5,7-8,19H,3,6,9-13H2,1-2H3,(H2,18,21). The molecule has 0 saturated heterocycles. The van der Waals surface area contributed by atoms with Crippen LogP contribution in [0.5, 0.6) is 0 Å². The summed E-state index contributed by atoms with van der Waals surface area (Å²) < 4.78 is 0. The van der Waals surface area contributed by atoms with Gasteiger partial charge in [0.1, 0.15) is 0 Å². The van der Waals surface area contributed by atoms with E-state index in [0.717, 1.165) is 45.3 Å². The van der Waals surface area contributed by atoms with Crippen LogP contribution in [-0.4, -0.2) is 31.1 Å². The van der Waals surface area contributed by atoms with Crippen molar-refractivity contribution in [3.63, 3.8) is 0 Å². The molecule has 1 aromatic rings. The maximum absolute atomic E-state index is 11.7. The van der Waals surface area contributed by atoms with Crippen LogP contribution < -0.4 is 16.0 Å². The first-order chi connectivity index (χ1) is 10.1. The molecule has 0 spiro atoms. The second-order valence-electron chi connectivity index (χ2n) is 6.09. The van der Waals surface area contributed by atoms with E-state index in [9.17, 15) is 4.79 Å². The van der Waals surface area contributed by atoms with E-state index >= 15 is 0 Å². The molecule has 0 radical (unpaired) electrons. The van der Waals surface area contributed by atoms with Crippen LogP contribution in [0.1, 0.15) is 38.7 Å². The van der Waals surface area contributed by atoms with Crippen molar-refractivity contribution < 1.29 is 4.79 Å². The molecule has 4 heteroatoms. The average molecular weight is 289 g/mol. The SMILES string of the molecule is CCCNC(C)(CCCN1CCc2ccccc21)C(N)=O. The van der Waals surface area contributed by atoms with Gasteiger partial charge in [0.2, 0.25) is 5.91 Å². The molecular formula is C17H27N3O. The fourth-order valence-electron chi connectivity index (χ4n) is 2.96. The first-order valence-electron chi connectivity index (χ1n) is 7.94. The number of carbonyl (C=O) groups excluding carboxylic acids is 1. The number of nitrogens with two attached hydrogens (primary N) is 1. The molecule has 0 aromatic heterocycles. The van der Waals surface area contributed by atoms with Crippen molar-refractivity contribution in [2.24, 2.45) is 5.73 Å². The Kier molecular flexibility index (Phi) is 5.23. The molecule has 21 heavy (non-hydrogen) atoms. The third-order valence-corrected chi connectivity index (χ3v) is 4.40. The van der Waals surface area contributed by atoms with Crippen molar-refractivity contribution in [1.29, 1.82) is 0 Å². The molecule has 1 aromatic carbocycles. The molecular weight excluding hydrogens is 262 g/mol. The van der Waals surface area contributed by atoms with Gasteiger partial charge in [-0.2, -0.15) is 0 Å². The topological polar surface area (TPSA) is 58.4 Å². The summed E-state index contributed by atoms with van der Waals surface area (Å²) in [6.07, 6.45) is 3.87. The molecule has 2 rings (SSSR count). The minimum absolute atomic E-state index is 0.252. The van der Waals surface area contributed by atoms with Gasteiger partial charge in [-0.1, -0.05) is 25.1 Å². The summed E-state index contributed by atoms with van der Waals surface area (Å²) in [6.45, 7) is 6.90. The Labute approximate surface area is 127 Å². The fourth-order valence-corrected chi connectivity index (χ4v) is 2.96. The average Bonchev–Trinajstić information content (AvgIpc) is 2.88. The Balaban J connectivity index is 1.87. The normalized spacial score (nSPS) is 16.6. The number of primary amides is 1. The Morgan fingerprint density at radius 3 is 2.90 bits per heavy atom. The number of anilines is 1. The van der Waals surface area contributed by atoms with E-state index in [4.69, 9.17) is 5.73 Å². The number of hydrogen-bond acceptors (Lipinski definition) is 3. The van der Waals surface area contributed by atoms with Gasteiger partial charge < -0.3 is 16.0 Å². The van der Waals surface area contributed by atoms with Gasteiger partial charge in [-0.25, -0.2) is 0 Å². The lowest BCUT2D eigenvalue weighted by atomic mass is 9.94. The summed E-state index contributed by atoms with van der Waals surface area (Å²) in [5, 5.41) is 3.30. The van der Waals surface area contributed by atoms with Crippen LogP contribution in [0.15, 0.2) is 24.3 Å². The largest absolute Gasteiger partial charge is 0.371 e. The Morgan fingerprint density at radius 2 is 2.19 bits per heavy atom. The van der Waals surface area contributed by atoms with E-state index in [1.54, 1.807) is 0 Å². The van der Waals surface area contributed by atoms with Crippen LogP contribution in [0.3, 0.4) is 0 Å². The third kappa shape index (κ3) is 3.76. The van der Waals surface area contributed by atoms with Crippen LogP contribution in [0, 0.1) is 0 Å². The van der Waals surface area contributed by atoms with E-state index in [2.05, 4.69) is 41.4 Å². The van der Waals surface area contributed by atoms with Crippen molar-refractivity contribution in [1.82, 2.24) is 5.32 Å².